The highest BCUT2D eigenvalue weighted by atomic mass is 35.5. The van der Waals surface area contributed by atoms with Gasteiger partial charge < -0.3 is 14.4 Å². The number of hydrogen-bond donors (Lipinski definition) is 1. The Morgan fingerprint density at radius 1 is 1.20 bits per heavy atom. The van der Waals surface area contributed by atoms with Crippen LogP contribution in [0.25, 0.3) is 22.0 Å². The second-order valence-corrected chi connectivity index (χ2v) is 14.4. The van der Waals surface area contributed by atoms with Gasteiger partial charge in [-0.15, -0.1) is 11.3 Å². The predicted molar refractivity (Wildman–Crippen MR) is 181 cm³/mol. The molecule has 9 nitrogen and oxygen atoms in total. The summed E-state index contributed by atoms with van der Waals surface area (Å²) >= 11 is 15.2. The molecule has 3 aromatic heterocycles. The van der Waals surface area contributed by atoms with Gasteiger partial charge in [0.1, 0.15) is 11.7 Å². The molecule has 0 saturated carbocycles. The molecule has 238 valence electrons. The highest BCUT2D eigenvalue weighted by molar-refractivity contribution is 7.13. The van der Waals surface area contributed by atoms with Crippen molar-refractivity contribution < 1.29 is 9.18 Å². The Morgan fingerprint density at radius 3 is 2.78 bits per heavy atom. The van der Waals surface area contributed by atoms with E-state index in [2.05, 4.69) is 56.3 Å². The summed E-state index contributed by atoms with van der Waals surface area (Å²) in [5.74, 6) is -0.391. The quantitative estimate of drug-likeness (QED) is 0.206. The summed E-state index contributed by atoms with van der Waals surface area (Å²) in [4.78, 5) is 27.5. The van der Waals surface area contributed by atoms with Crippen LogP contribution in [-0.2, 0) is 17.8 Å². The molecule has 3 aliphatic rings. The number of carbonyl (C=O) groups is 1. The third kappa shape index (κ3) is 5.17. The largest absolute Gasteiger partial charge is 0.370 e. The van der Waals surface area contributed by atoms with Crippen molar-refractivity contribution in [3.05, 3.63) is 75.9 Å². The summed E-state index contributed by atoms with van der Waals surface area (Å²) in [5.41, 5.74) is 4.88. The summed E-state index contributed by atoms with van der Waals surface area (Å²) in [6.45, 7) is 8.15. The zero-order valence-electron chi connectivity index (χ0n) is 25.3. The monoisotopic (exact) mass is 678 g/mol. The average molecular weight is 680 g/mol. The van der Waals surface area contributed by atoms with E-state index in [1.54, 1.807) is 28.7 Å². The number of fused-ring (bicyclic) bond motifs is 2. The molecule has 8 rings (SSSR count). The van der Waals surface area contributed by atoms with Gasteiger partial charge in [-0.2, -0.15) is 5.10 Å². The van der Waals surface area contributed by atoms with E-state index in [1.807, 2.05) is 6.07 Å². The van der Waals surface area contributed by atoms with Crippen LogP contribution in [0, 0.1) is 5.41 Å². The fraction of sp³-hybridized carbons (Fsp3) is 0.394. The first-order valence-corrected chi connectivity index (χ1v) is 17.3. The molecular formula is C33H33Cl2FN8OS. The third-order valence-electron chi connectivity index (χ3n) is 9.71. The van der Waals surface area contributed by atoms with Gasteiger partial charge in [0.2, 0.25) is 0 Å². The number of benzene rings is 2. The van der Waals surface area contributed by atoms with E-state index in [4.69, 9.17) is 28.3 Å². The number of nitrogens with one attached hydrogen (secondary N) is 1. The van der Waals surface area contributed by atoms with E-state index in [1.165, 1.54) is 47.6 Å². The maximum Gasteiger partial charge on any atom is 0.257 e. The van der Waals surface area contributed by atoms with Crippen molar-refractivity contribution >= 4 is 62.2 Å². The van der Waals surface area contributed by atoms with Gasteiger partial charge in [0.25, 0.3) is 5.91 Å². The van der Waals surface area contributed by atoms with Gasteiger partial charge in [-0.05, 0) is 49.7 Å². The van der Waals surface area contributed by atoms with Crippen molar-refractivity contribution in [2.24, 2.45) is 5.41 Å². The van der Waals surface area contributed by atoms with Crippen LogP contribution in [-0.4, -0.2) is 74.0 Å². The van der Waals surface area contributed by atoms with E-state index in [9.17, 15) is 9.18 Å². The number of halogens is 3. The molecule has 0 radical (unpaired) electrons. The number of thiazole rings is 1. The minimum absolute atomic E-state index is 0.175. The molecule has 1 amide bonds. The fourth-order valence-corrected chi connectivity index (χ4v) is 8.53. The Balaban J connectivity index is 1.10. The SMILES string of the molecule is CCN1CCCC2(C1)CN(c1ccc(-c3cc(Cl)c4cn(C(C(=O)Nc5nccs5)c5ncn6c5C[C@@H](F)C6)nc4c3Cl)cc1)C2. The molecule has 1 unspecified atom stereocenters. The summed E-state index contributed by atoms with van der Waals surface area (Å²) in [5, 5.41) is 11.4. The van der Waals surface area contributed by atoms with Gasteiger partial charge in [-0.1, -0.05) is 42.3 Å². The second-order valence-electron chi connectivity index (χ2n) is 12.7. The number of nitrogens with zero attached hydrogens (tertiary/aromatic N) is 7. The first kappa shape index (κ1) is 29.9. The smallest absolute Gasteiger partial charge is 0.257 e. The number of anilines is 2. The molecule has 2 atom stereocenters. The van der Waals surface area contributed by atoms with E-state index >= 15 is 0 Å². The Kier molecular flexibility index (Phi) is 7.55. The molecule has 2 saturated heterocycles. The van der Waals surface area contributed by atoms with E-state index in [0.717, 1.165) is 30.8 Å². The lowest BCUT2D eigenvalue weighted by Gasteiger charge is -2.55. The Bertz CT molecular complexity index is 1920. The van der Waals surface area contributed by atoms with Crippen LogP contribution in [0.4, 0.5) is 15.2 Å². The topological polar surface area (TPSA) is 84.1 Å². The number of carbonyl (C=O) groups excluding carboxylic acids is 1. The van der Waals surface area contributed by atoms with E-state index in [-0.39, 0.29) is 13.0 Å². The van der Waals surface area contributed by atoms with Crippen molar-refractivity contribution in [2.75, 3.05) is 42.9 Å². The summed E-state index contributed by atoms with van der Waals surface area (Å²) in [6, 6.07) is 9.30. The molecule has 0 aliphatic carbocycles. The van der Waals surface area contributed by atoms with Gasteiger partial charge in [0, 0.05) is 71.6 Å². The molecule has 2 fully saturated rings. The zero-order valence-corrected chi connectivity index (χ0v) is 27.6. The Hall–Kier alpha value is -3.51. The first-order chi connectivity index (χ1) is 22.3. The van der Waals surface area contributed by atoms with Crippen LogP contribution < -0.4 is 10.2 Å². The van der Waals surface area contributed by atoms with Crippen molar-refractivity contribution in [1.82, 2.24) is 29.2 Å². The number of aromatic nitrogens is 5. The van der Waals surface area contributed by atoms with Crippen molar-refractivity contribution in [2.45, 2.75) is 44.9 Å². The number of imidazole rings is 1. The zero-order chi connectivity index (χ0) is 31.6. The predicted octanol–water partition coefficient (Wildman–Crippen LogP) is 6.71. The fourth-order valence-electron chi connectivity index (χ4n) is 7.45. The molecule has 6 heterocycles. The molecule has 0 bridgehead atoms. The van der Waals surface area contributed by atoms with Gasteiger partial charge in [-0.25, -0.2) is 14.4 Å². The van der Waals surface area contributed by atoms with Crippen LogP contribution in [0.15, 0.2) is 54.4 Å². The molecule has 13 heteroatoms. The van der Waals surface area contributed by atoms with Crippen LogP contribution in [0.2, 0.25) is 10.0 Å². The van der Waals surface area contributed by atoms with Gasteiger partial charge in [-0.3, -0.25) is 14.8 Å². The van der Waals surface area contributed by atoms with Crippen LogP contribution in [0.5, 0.6) is 0 Å². The standard InChI is InChI=1S/C33H33Cl2FN8OS/c1-2-41-10-3-8-33(16-41)17-43(18-33)22-6-4-20(5-7-22)23-13-25(34)24-15-44(40-28(24)27(23)35)30(31(45)39-32-37-9-11-46-32)29-26-12-21(36)14-42(26)19-38-29/h4-7,9,11,13,15,19,21,30H,2-3,8,10,12,14,16-18H2,1H3,(H,37,39,45)/t21-,30?/m1/s1. The summed E-state index contributed by atoms with van der Waals surface area (Å²) in [6.07, 6.45) is 6.62. The van der Waals surface area contributed by atoms with Crippen LogP contribution >= 0.6 is 34.5 Å². The lowest BCUT2D eigenvalue weighted by molar-refractivity contribution is -0.118. The highest BCUT2D eigenvalue weighted by Gasteiger charge is 2.45. The molecular weight excluding hydrogens is 646 g/mol. The number of alkyl halides is 1. The van der Waals surface area contributed by atoms with Crippen LogP contribution in [0.1, 0.15) is 37.2 Å². The summed E-state index contributed by atoms with van der Waals surface area (Å²) in [7, 11) is 0. The maximum absolute atomic E-state index is 14.4. The number of rotatable bonds is 7. The lowest BCUT2D eigenvalue weighted by atomic mass is 9.73. The van der Waals surface area contributed by atoms with Gasteiger partial charge >= 0.3 is 0 Å². The minimum atomic E-state index is -1.03. The minimum Gasteiger partial charge on any atom is -0.370 e. The first-order valence-electron chi connectivity index (χ1n) is 15.6. The second kappa shape index (κ2) is 11.6. The molecule has 5 aromatic rings. The van der Waals surface area contributed by atoms with Gasteiger partial charge in [0.15, 0.2) is 11.2 Å². The number of hydrogen-bond acceptors (Lipinski definition) is 7. The normalized spacial score (nSPS) is 19.8. The number of likely N-dealkylation sites (tertiary alicyclic amines) is 1. The maximum atomic E-state index is 14.4. The third-order valence-corrected chi connectivity index (χ3v) is 11.1. The highest BCUT2D eigenvalue weighted by Crippen LogP contribution is 2.43. The summed E-state index contributed by atoms with van der Waals surface area (Å²) < 4.78 is 17.6. The molecule has 3 aliphatic heterocycles. The molecule has 2 aromatic carbocycles. The van der Waals surface area contributed by atoms with E-state index < -0.39 is 18.1 Å². The average Bonchev–Trinajstić information content (AvgIpc) is 3.85. The van der Waals surface area contributed by atoms with Crippen LogP contribution in [0.3, 0.4) is 0 Å². The van der Waals surface area contributed by atoms with Crippen molar-refractivity contribution in [3.8, 4) is 11.1 Å². The number of piperidine rings is 1. The molecule has 1 spiro atoms. The van der Waals surface area contributed by atoms with E-state index in [0.29, 0.717) is 42.9 Å². The Morgan fingerprint density at radius 2 is 2.02 bits per heavy atom. The lowest BCUT2D eigenvalue weighted by Crippen LogP contribution is -2.63. The Labute approximate surface area is 279 Å². The van der Waals surface area contributed by atoms with Crippen molar-refractivity contribution in [3.63, 3.8) is 0 Å². The number of amides is 1. The molecule has 46 heavy (non-hydrogen) atoms. The van der Waals surface area contributed by atoms with Gasteiger partial charge in [0.05, 0.1) is 28.6 Å². The van der Waals surface area contributed by atoms with Crippen molar-refractivity contribution in [1.29, 1.82) is 0 Å². The molecule has 1 N–H and O–H groups in total.